The van der Waals surface area contributed by atoms with E-state index in [4.69, 9.17) is 0 Å². The average molecular weight is 243 g/mol. The fourth-order valence-corrected chi connectivity index (χ4v) is 2.70. The van der Waals surface area contributed by atoms with Gasteiger partial charge in [0, 0.05) is 43.9 Å². The molecule has 2 heterocycles. The first-order chi connectivity index (χ1) is 8.81. The largest absolute Gasteiger partial charge is 0.359 e. The number of hydrogen-bond acceptors (Lipinski definition) is 2. The van der Waals surface area contributed by atoms with Gasteiger partial charge in [0.05, 0.1) is 0 Å². The smallest absolute Gasteiger partial charge is 0.0456 e. The zero-order valence-corrected chi connectivity index (χ0v) is 11.0. The van der Waals surface area contributed by atoms with Gasteiger partial charge in [-0.3, -0.25) is 0 Å². The number of H-pyrrole nitrogens is 1. The van der Waals surface area contributed by atoms with Crippen molar-refractivity contribution in [2.75, 3.05) is 32.7 Å². The number of piperazine rings is 1. The Morgan fingerprint density at radius 3 is 2.83 bits per heavy atom. The molecule has 18 heavy (non-hydrogen) atoms. The van der Waals surface area contributed by atoms with Gasteiger partial charge in [0.25, 0.3) is 0 Å². The maximum absolute atomic E-state index is 3.39. The van der Waals surface area contributed by atoms with Gasteiger partial charge in [0.1, 0.15) is 0 Å². The van der Waals surface area contributed by atoms with E-state index in [9.17, 15) is 0 Å². The lowest BCUT2D eigenvalue weighted by Gasteiger charge is -2.27. The van der Waals surface area contributed by atoms with Crippen molar-refractivity contribution in [1.29, 1.82) is 0 Å². The Hall–Kier alpha value is -1.32. The van der Waals surface area contributed by atoms with E-state index in [0.29, 0.717) is 0 Å². The van der Waals surface area contributed by atoms with E-state index in [0.717, 1.165) is 19.5 Å². The predicted molar refractivity (Wildman–Crippen MR) is 76.0 cm³/mol. The number of aryl methyl sites for hydroxylation is 1. The molecule has 0 bridgehead atoms. The van der Waals surface area contributed by atoms with Crippen LogP contribution in [0.2, 0.25) is 0 Å². The van der Waals surface area contributed by atoms with Crippen LogP contribution in [-0.2, 0) is 6.42 Å². The van der Waals surface area contributed by atoms with Crippen molar-refractivity contribution in [3.05, 3.63) is 35.5 Å². The molecule has 0 saturated carbocycles. The Bertz CT molecular complexity index is 524. The van der Waals surface area contributed by atoms with Gasteiger partial charge in [0.15, 0.2) is 0 Å². The summed E-state index contributed by atoms with van der Waals surface area (Å²) in [6.45, 7) is 7.93. The van der Waals surface area contributed by atoms with Gasteiger partial charge in [-0.2, -0.15) is 0 Å². The summed E-state index contributed by atoms with van der Waals surface area (Å²) in [6.07, 6.45) is 1.15. The molecule has 0 aliphatic carbocycles. The standard InChI is InChI=1S/C15H21N3/c1-12-10-14-11-13(2-3-15(14)17-12)4-7-18-8-5-16-6-9-18/h2-3,10-11,16-17H,4-9H2,1H3. The van der Waals surface area contributed by atoms with Crippen molar-refractivity contribution >= 4 is 10.9 Å². The summed E-state index contributed by atoms with van der Waals surface area (Å²) in [7, 11) is 0. The molecule has 0 atom stereocenters. The molecule has 2 aromatic rings. The minimum absolute atomic E-state index is 1.13. The van der Waals surface area contributed by atoms with E-state index in [1.54, 1.807) is 0 Å². The highest BCUT2D eigenvalue weighted by Crippen LogP contribution is 2.17. The van der Waals surface area contributed by atoms with Gasteiger partial charge in [-0.05, 0) is 42.5 Å². The predicted octanol–water partition coefficient (Wildman–Crippen LogP) is 1.92. The van der Waals surface area contributed by atoms with E-state index in [-0.39, 0.29) is 0 Å². The van der Waals surface area contributed by atoms with E-state index >= 15 is 0 Å². The Morgan fingerprint density at radius 2 is 2.00 bits per heavy atom. The molecule has 1 aromatic carbocycles. The average Bonchev–Trinajstić information content (AvgIpc) is 2.77. The van der Waals surface area contributed by atoms with Gasteiger partial charge in [0.2, 0.25) is 0 Å². The van der Waals surface area contributed by atoms with Crippen molar-refractivity contribution < 1.29 is 0 Å². The van der Waals surface area contributed by atoms with Crippen LogP contribution in [0.1, 0.15) is 11.3 Å². The number of nitrogens with one attached hydrogen (secondary N) is 2. The third-order valence-electron chi connectivity index (χ3n) is 3.75. The summed E-state index contributed by atoms with van der Waals surface area (Å²) in [5.41, 5.74) is 3.93. The summed E-state index contributed by atoms with van der Waals surface area (Å²) in [5, 5.41) is 4.73. The van der Waals surface area contributed by atoms with Gasteiger partial charge < -0.3 is 15.2 Å². The van der Waals surface area contributed by atoms with Crippen molar-refractivity contribution in [2.24, 2.45) is 0 Å². The van der Waals surface area contributed by atoms with Crippen LogP contribution in [0.5, 0.6) is 0 Å². The van der Waals surface area contributed by atoms with Crippen molar-refractivity contribution in [3.63, 3.8) is 0 Å². The number of nitrogens with zero attached hydrogens (tertiary/aromatic N) is 1. The molecule has 3 heteroatoms. The Balaban J connectivity index is 1.66. The Morgan fingerprint density at radius 1 is 1.17 bits per heavy atom. The second-order valence-electron chi connectivity index (χ2n) is 5.22. The number of aromatic amines is 1. The quantitative estimate of drug-likeness (QED) is 0.863. The van der Waals surface area contributed by atoms with Crippen LogP contribution in [0, 0.1) is 6.92 Å². The highest BCUT2D eigenvalue weighted by atomic mass is 15.2. The first-order valence-corrected chi connectivity index (χ1v) is 6.82. The molecule has 0 spiro atoms. The third kappa shape index (κ3) is 2.57. The van der Waals surface area contributed by atoms with Crippen LogP contribution in [-0.4, -0.2) is 42.6 Å². The molecule has 96 valence electrons. The highest BCUT2D eigenvalue weighted by Gasteiger charge is 2.09. The molecule has 0 radical (unpaired) electrons. The molecular formula is C15H21N3. The maximum atomic E-state index is 3.39. The minimum atomic E-state index is 1.13. The molecule has 1 aliphatic rings. The van der Waals surface area contributed by atoms with E-state index < -0.39 is 0 Å². The van der Waals surface area contributed by atoms with Crippen LogP contribution < -0.4 is 5.32 Å². The molecule has 0 amide bonds. The highest BCUT2D eigenvalue weighted by molar-refractivity contribution is 5.81. The lowest BCUT2D eigenvalue weighted by molar-refractivity contribution is 0.244. The lowest BCUT2D eigenvalue weighted by atomic mass is 10.1. The Kier molecular flexibility index (Phi) is 3.35. The number of fused-ring (bicyclic) bond motifs is 1. The SMILES string of the molecule is Cc1cc2cc(CCN3CCNCC3)ccc2[nH]1. The van der Waals surface area contributed by atoms with Crippen LogP contribution in [0.25, 0.3) is 10.9 Å². The minimum Gasteiger partial charge on any atom is -0.359 e. The zero-order chi connectivity index (χ0) is 12.4. The van der Waals surface area contributed by atoms with Crippen LogP contribution in [0.3, 0.4) is 0 Å². The van der Waals surface area contributed by atoms with Crippen molar-refractivity contribution in [3.8, 4) is 0 Å². The Labute approximate surface area is 108 Å². The number of hydrogen-bond donors (Lipinski definition) is 2. The molecule has 0 unspecified atom stereocenters. The van der Waals surface area contributed by atoms with Gasteiger partial charge in [-0.1, -0.05) is 6.07 Å². The number of benzene rings is 1. The summed E-state index contributed by atoms with van der Waals surface area (Å²) < 4.78 is 0. The fourth-order valence-electron chi connectivity index (χ4n) is 2.70. The molecule has 1 aromatic heterocycles. The monoisotopic (exact) mass is 243 g/mol. The first-order valence-electron chi connectivity index (χ1n) is 6.82. The molecular weight excluding hydrogens is 222 g/mol. The first kappa shape index (κ1) is 11.8. The van der Waals surface area contributed by atoms with Gasteiger partial charge in [-0.15, -0.1) is 0 Å². The normalized spacial score (nSPS) is 17.4. The second-order valence-corrected chi connectivity index (χ2v) is 5.22. The molecule has 1 saturated heterocycles. The molecule has 3 rings (SSSR count). The topological polar surface area (TPSA) is 31.1 Å². The summed E-state index contributed by atoms with van der Waals surface area (Å²) in [5.74, 6) is 0. The van der Waals surface area contributed by atoms with Crippen LogP contribution in [0.15, 0.2) is 24.3 Å². The number of aromatic nitrogens is 1. The van der Waals surface area contributed by atoms with Gasteiger partial charge >= 0.3 is 0 Å². The van der Waals surface area contributed by atoms with Crippen molar-refractivity contribution in [1.82, 2.24) is 15.2 Å². The third-order valence-corrected chi connectivity index (χ3v) is 3.75. The fraction of sp³-hybridized carbons (Fsp3) is 0.467. The second kappa shape index (κ2) is 5.12. The lowest BCUT2D eigenvalue weighted by Crippen LogP contribution is -2.44. The van der Waals surface area contributed by atoms with E-state index in [1.165, 1.54) is 41.8 Å². The maximum Gasteiger partial charge on any atom is 0.0456 e. The van der Waals surface area contributed by atoms with Gasteiger partial charge in [-0.25, -0.2) is 0 Å². The van der Waals surface area contributed by atoms with E-state index in [1.807, 2.05) is 0 Å². The molecule has 1 aliphatic heterocycles. The zero-order valence-electron chi connectivity index (χ0n) is 11.0. The number of rotatable bonds is 3. The van der Waals surface area contributed by atoms with E-state index in [2.05, 4.69) is 46.4 Å². The molecule has 1 fully saturated rings. The summed E-state index contributed by atoms with van der Waals surface area (Å²) in [4.78, 5) is 5.92. The molecule has 3 nitrogen and oxygen atoms in total. The van der Waals surface area contributed by atoms with Crippen molar-refractivity contribution in [2.45, 2.75) is 13.3 Å². The molecule has 2 N–H and O–H groups in total. The summed E-state index contributed by atoms with van der Waals surface area (Å²) >= 11 is 0. The summed E-state index contributed by atoms with van der Waals surface area (Å²) in [6, 6.07) is 9.00. The van der Waals surface area contributed by atoms with Crippen LogP contribution in [0.4, 0.5) is 0 Å². The van der Waals surface area contributed by atoms with Crippen LogP contribution >= 0.6 is 0 Å².